The molecule has 0 bridgehead atoms. The zero-order valence-corrected chi connectivity index (χ0v) is 23.9. The van der Waals surface area contributed by atoms with Crippen molar-refractivity contribution >= 4 is 13.0 Å². The van der Waals surface area contributed by atoms with E-state index >= 15 is 0 Å². The van der Waals surface area contributed by atoms with Crippen LogP contribution in [0.25, 0.3) is 0 Å². The summed E-state index contributed by atoms with van der Waals surface area (Å²) in [5, 5.41) is 10.5. The maximum Gasteiger partial charge on any atom is 0.457 e. The first-order valence-corrected chi connectivity index (χ1v) is 14.3. The Morgan fingerprint density at radius 1 is 1.14 bits per heavy atom. The largest absolute Gasteiger partial charge is 0.457 e. The standard InChI is InChI=1S/C29H48BN3O4/c1-7-8-15-26(33-35)29(32-22(2)34,17-11-12-19-30-36-27(3,4)28(5,6)37-30)18-16-25-20-23-13-9-10-14-24(23)21-31-25/h9-10,13-14,25-26,31H,7-8,11-12,15-21H2,1-6H3,(H,32,34). The van der Waals surface area contributed by atoms with E-state index in [1.165, 1.54) is 11.1 Å². The first kappa shape index (κ1) is 29.8. The summed E-state index contributed by atoms with van der Waals surface area (Å²) in [7, 11) is -0.230. The summed E-state index contributed by atoms with van der Waals surface area (Å²) >= 11 is 0. The Labute approximate surface area is 224 Å². The third-order valence-corrected chi connectivity index (χ3v) is 8.74. The van der Waals surface area contributed by atoms with Crippen LogP contribution in [0.15, 0.2) is 29.4 Å². The van der Waals surface area contributed by atoms with Gasteiger partial charge in [-0.1, -0.05) is 62.0 Å². The van der Waals surface area contributed by atoms with E-state index in [-0.39, 0.29) is 24.2 Å². The molecule has 8 heteroatoms. The van der Waals surface area contributed by atoms with Gasteiger partial charge in [0.25, 0.3) is 0 Å². The molecule has 1 amide bonds. The molecular weight excluding hydrogens is 465 g/mol. The van der Waals surface area contributed by atoms with Gasteiger partial charge in [0.1, 0.15) is 6.04 Å². The van der Waals surface area contributed by atoms with Crippen molar-refractivity contribution in [3.05, 3.63) is 40.3 Å². The summed E-state index contributed by atoms with van der Waals surface area (Å²) < 4.78 is 12.3. The van der Waals surface area contributed by atoms with E-state index in [1.807, 2.05) is 0 Å². The minimum Gasteiger partial charge on any atom is -0.403 e. The van der Waals surface area contributed by atoms with Gasteiger partial charge in [0.2, 0.25) is 5.91 Å². The molecule has 1 fully saturated rings. The second-order valence-electron chi connectivity index (χ2n) is 12.1. The maximum atomic E-state index is 12.4. The topological polar surface area (TPSA) is 89.0 Å². The number of fused-ring (bicyclic) bond motifs is 1. The first-order valence-electron chi connectivity index (χ1n) is 14.3. The van der Waals surface area contributed by atoms with Gasteiger partial charge in [0, 0.05) is 19.5 Å². The Morgan fingerprint density at radius 3 is 2.43 bits per heavy atom. The Morgan fingerprint density at radius 2 is 1.81 bits per heavy atom. The number of hydrogen-bond donors (Lipinski definition) is 2. The zero-order valence-electron chi connectivity index (χ0n) is 23.9. The van der Waals surface area contributed by atoms with Crippen molar-refractivity contribution in [3.63, 3.8) is 0 Å². The van der Waals surface area contributed by atoms with E-state index in [1.54, 1.807) is 6.92 Å². The number of carbonyl (C=O) groups is 1. The molecule has 3 rings (SSSR count). The smallest absolute Gasteiger partial charge is 0.403 e. The van der Waals surface area contributed by atoms with Crippen LogP contribution >= 0.6 is 0 Å². The van der Waals surface area contributed by atoms with Crippen LogP contribution in [0.4, 0.5) is 0 Å². The van der Waals surface area contributed by atoms with Crippen molar-refractivity contribution in [2.75, 3.05) is 0 Å². The normalized spacial score (nSPS) is 22.6. The van der Waals surface area contributed by atoms with E-state index in [0.717, 1.165) is 64.2 Å². The van der Waals surface area contributed by atoms with Gasteiger partial charge in [-0.3, -0.25) is 4.79 Å². The number of nitroso groups, excluding NO2 is 1. The fourth-order valence-electron chi connectivity index (χ4n) is 5.84. The Kier molecular flexibility index (Phi) is 10.3. The second kappa shape index (κ2) is 12.9. The lowest BCUT2D eigenvalue weighted by molar-refractivity contribution is -0.121. The van der Waals surface area contributed by atoms with Crippen LogP contribution in [0.1, 0.15) is 104 Å². The van der Waals surface area contributed by atoms with Crippen LogP contribution in [0.5, 0.6) is 0 Å². The number of nitrogens with one attached hydrogen (secondary N) is 2. The van der Waals surface area contributed by atoms with Crippen molar-refractivity contribution in [1.29, 1.82) is 0 Å². The highest BCUT2D eigenvalue weighted by atomic mass is 16.7. The van der Waals surface area contributed by atoms with Gasteiger partial charge in [-0.25, -0.2) is 0 Å². The number of amides is 1. The number of rotatable bonds is 14. The zero-order chi connectivity index (χ0) is 27.1. The number of unbranched alkanes of at least 4 members (excludes halogenated alkanes) is 2. The molecular formula is C29H48BN3O4. The summed E-state index contributed by atoms with van der Waals surface area (Å²) in [5.74, 6) is -0.0990. The number of hydrogen-bond acceptors (Lipinski definition) is 6. The van der Waals surface area contributed by atoms with E-state index in [9.17, 15) is 9.70 Å². The van der Waals surface area contributed by atoms with Crippen LogP contribution in [-0.4, -0.2) is 41.9 Å². The summed E-state index contributed by atoms with van der Waals surface area (Å²) in [5.41, 5.74) is 1.42. The number of carbonyl (C=O) groups excluding carboxylic acids is 1. The van der Waals surface area contributed by atoms with Crippen LogP contribution < -0.4 is 10.6 Å². The fourth-order valence-corrected chi connectivity index (χ4v) is 5.84. The van der Waals surface area contributed by atoms with Gasteiger partial charge in [-0.15, -0.1) is 0 Å². The van der Waals surface area contributed by atoms with E-state index in [4.69, 9.17) is 9.31 Å². The summed E-state index contributed by atoms with van der Waals surface area (Å²) in [6.07, 6.45) is 8.43. The quantitative estimate of drug-likeness (QED) is 0.183. The molecule has 0 aromatic heterocycles. The number of benzene rings is 1. The fraction of sp³-hybridized carbons (Fsp3) is 0.759. The summed E-state index contributed by atoms with van der Waals surface area (Å²) in [6, 6.07) is 8.43. The highest BCUT2D eigenvalue weighted by Gasteiger charge is 2.50. The van der Waals surface area contributed by atoms with Crippen LogP contribution in [0, 0.1) is 4.91 Å². The third-order valence-electron chi connectivity index (χ3n) is 8.74. The average Bonchev–Trinajstić information content (AvgIpc) is 3.06. The lowest BCUT2D eigenvalue weighted by atomic mass is 9.75. The van der Waals surface area contributed by atoms with E-state index in [0.29, 0.717) is 12.5 Å². The van der Waals surface area contributed by atoms with Gasteiger partial charge in [0.05, 0.1) is 16.7 Å². The van der Waals surface area contributed by atoms with Gasteiger partial charge >= 0.3 is 7.12 Å². The molecule has 0 aliphatic carbocycles. The van der Waals surface area contributed by atoms with E-state index < -0.39 is 11.6 Å². The molecule has 1 aromatic carbocycles. The third kappa shape index (κ3) is 7.64. The number of nitrogens with zero attached hydrogens (tertiary/aromatic N) is 1. The van der Waals surface area contributed by atoms with Crippen molar-refractivity contribution in [1.82, 2.24) is 10.6 Å². The van der Waals surface area contributed by atoms with Crippen LogP contribution in [0.3, 0.4) is 0 Å². The highest BCUT2D eigenvalue weighted by molar-refractivity contribution is 6.45. The van der Waals surface area contributed by atoms with Crippen molar-refractivity contribution < 1.29 is 14.1 Å². The molecule has 3 unspecified atom stereocenters. The van der Waals surface area contributed by atoms with E-state index in [2.05, 4.69) is 74.7 Å². The molecule has 0 saturated carbocycles. The van der Waals surface area contributed by atoms with Gasteiger partial charge < -0.3 is 19.9 Å². The van der Waals surface area contributed by atoms with Gasteiger partial charge in [-0.2, -0.15) is 4.91 Å². The minimum atomic E-state index is -0.642. The molecule has 0 spiro atoms. The maximum absolute atomic E-state index is 12.4. The predicted octanol–water partition coefficient (Wildman–Crippen LogP) is 5.94. The predicted molar refractivity (Wildman–Crippen MR) is 150 cm³/mol. The van der Waals surface area contributed by atoms with Crippen LogP contribution in [-0.2, 0) is 27.1 Å². The van der Waals surface area contributed by atoms with Crippen LogP contribution in [0.2, 0.25) is 6.32 Å². The molecule has 2 aliphatic heterocycles. The Bertz CT molecular complexity index is 893. The monoisotopic (exact) mass is 513 g/mol. The molecule has 37 heavy (non-hydrogen) atoms. The minimum absolute atomic E-state index is 0.0990. The molecule has 2 aliphatic rings. The molecule has 206 valence electrons. The highest BCUT2D eigenvalue weighted by Crippen LogP contribution is 2.39. The summed E-state index contributed by atoms with van der Waals surface area (Å²) in [6.45, 7) is 12.8. The SMILES string of the molecule is CCCCC(N=O)C(CCCCB1OC(C)(C)C(C)(C)O1)(CCC1Cc2ccccc2CN1)NC(C)=O. The lowest BCUT2D eigenvalue weighted by Gasteiger charge is -2.40. The lowest BCUT2D eigenvalue weighted by Crippen LogP contribution is -2.56. The van der Waals surface area contributed by atoms with Gasteiger partial charge in [0.15, 0.2) is 0 Å². The molecule has 1 saturated heterocycles. The molecule has 2 N–H and O–H groups in total. The average molecular weight is 514 g/mol. The second-order valence-corrected chi connectivity index (χ2v) is 12.1. The van der Waals surface area contributed by atoms with Crippen molar-refractivity contribution in [2.45, 2.75) is 141 Å². The Hall–Kier alpha value is -1.77. The molecule has 2 heterocycles. The van der Waals surface area contributed by atoms with Crippen molar-refractivity contribution in [2.24, 2.45) is 5.18 Å². The first-order chi connectivity index (χ1) is 17.5. The molecule has 7 nitrogen and oxygen atoms in total. The molecule has 0 radical (unpaired) electrons. The van der Waals surface area contributed by atoms with Crippen molar-refractivity contribution in [3.8, 4) is 0 Å². The molecule has 3 atom stereocenters. The Balaban J connectivity index is 1.68. The van der Waals surface area contributed by atoms with Gasteiger partial charge in [-0.05, 0) is 77.2 Å². The summed E-state index contributed by atoms with van der Waals surface area (Å²) in [4.78, 5) is 24.6. The molecule has 1 aromatic rings.